The Bertz CT molecular complexity index is 1330. The lowest BCUT2D eigenvalue weighted by atomic mass is 10.1. The van der Waals surface area contributed by atoms with E-state index >= 15 is 0 Å². The van der Waals surface area contributed by atoms with Crippen LogP contribution in [0.2, 0.25) is 5.15 Å². The fourth-order valence-electron chi connectivity index (χ4n) is 6.33. The predicted molar refractivity (Wildman–Crippen MR) is 161 cm³/mol. The van der Waals surface area contributed by atoms with E-state index in [4.69, 9.17) is 45.8 Å². The molecule has 230 valence electrons. The summed E-state index contributed by atoms with van der Waals surface area (Å²) in [6.07, 6.45) is 5.18. The molecule has 4 fully saturated rings. The van der Waals surface area contributed by atoms with Gasteiger partial charge in [-0.2, -0.15) is 0 Å². The van der Waals surface area contributed by atoms with Crippen LogP contribution in [0.3, 0.4) is 0 Å². The van der Waals surface area contributed by atoms with Gasteiger partial charge >= 0.3 is 0 Å². The molecule has 43 heavy (non-hydrogen) atoms. The van der Waals surface area contributed by atoms with Crippen molar-refractivity contribution in [3.63, 3.8) is 0 Å². The molecule has 7 rings (SSSR count). The highest BCUT2D eigenvalue weighted by molar-refractivity contribution is 6.29. The van der Waals surface area contributed by atoms with Crippen LogP contribution in [0.15, 0.2) is 60.9 Å². The Hall–Kier alpha value is -2.99. The molecule has 2 saturated heterocycles. The molecule has 10 nitrogen and oxygen atoms in total. The van der Waals surface area contributed by atoms with Crippen LogP contribution in [0.4, 0.5) is 5.82 Å². The summed E-state index contributed by atoms with van der Waals surface area (Å²) < 4.78 is 34.2. The lowest BCUT2D eigenvalue weighted by Gasteiger charge is -2.32. The Balaban J connectivity index is 0.000000162. The zero-order valence-corrected chi connectivity index (χ0v) is 25.2. The Kier molecular flexibility index (Phi) is 9.61. The fraction of sp³-hybridized carbons (Fsp3) is 0.500. The standard InChI is InChI=1S/C18H20ClN3O3.C14H19NO3/c1-23-14-4-2-11(3-5-14)18-24-9-12-6-13(7-15(12)25-18)22-17-8-16(19)20-10-21-17;1-16-12-4-2-9(3-5-12)14-17-8-10-6-11(15)7-13(10)18-14/h2-5,8,10,12-13,15,18H,6-7,9H2,1H3,(H,20,21,22);2-5,10-11,13-14H,6-8,15H2,1H3/t12-,13+,15-,18?;10-,11+,13-,14?/m00/s1. The van der Waals surface area contributed by atoms with Gasteiger partial charge in [0.2, 0.25) is 0 Å². The van der Waals surface area contributed by atoms with Crippen LogP contribution in [0.5, 0.6) is 11.5 Å². The van der Waals surface area contributed by atoms with Gasteiger partial charge in [0.05, 0.1) is 39.6 Å². The summed E-state index contributed by atoms with van der Waals surface area (Å²) >= 11 is 5.92. The summed E-state index contributed by atoms with van der Waals surface area (Å²) in [7, 11) is 3.32. The number of hydrogen-bond donors (Lipinski definition) is 2. The van der Waals surface area contributed by atoms with E-state index in [1.54, 1.807) is 20.3 Å². The minimum absolute atomic E-state index is 0.177. The molecular weight excluding hydrogens is 572 g/mol. The van der Waals surface area contributed by atoms with Gasteiger partial charge in [-0.25, -0.2) is 9.97 Å². The van der Waals surface area contributed by atoms with Gasteiger partial charge in [0, 0.05) is 41.1 Å². The minimum atomic E-state index is -0.320. The monoisotopic (exact) mass is 610 g/mol. The summed E-state index contributed by atoms with van der Waals surface area (Å²) in [5, 5.41) is 3.86. The molecule has 3 N–H and O–H groups in total. The van der Waals surface area contributed by atoms with Gasteiger partial charge in [0.25, 0.3) is 0 Å². The van der Waals surface area contributed by atoms with E-state index in [2.05, 4.69) is 15.3 Å². The van der Waals surface area contributed by atoms with Gasteiger partial charge in [-0.05, 0) is 49.9 Å². The third-order valence-corrected chi connectivity index (χ3v) is 8.78. The number of ether oxygens (including phenoxy) is 6. The van der Waals surface area contributed by atoms with Crippen molar-refractivity contribution < 1.29 is 28.4 Å². The topological polar surface area (TPSA) is 119 Å². The van der Waals surface area contributed by atoms with Crippen molar-refractivity contribution in [2.24, 2.45) is 17.6 Å². The second-order valence-electron chi connectivity index (χ2n) is 11.5. The number of anilines is 1. The molecule has 3 aromatic rings. The van der Waals surface area contributed by atoms with Crippen LogP contribution in [-0.2, 0) is 18.9 Å². The summed E-state index contributed by atoms with van der Waals surface area (Å²) in [5.74, 6) is 3.27. The first kappa shape index (κ1) is 30.1. The summed E-state index contributed by atoms with van der Waals surface area (Å²) in [6, 6.07) is 17.9. The Labute approximate surface area is 257 Å². The number of fused-ring (bicyclic) bond motifs is 2. The normalized spacial score (nSPS) is 31.3. The van der Waals surface area contributed by atoms with Crippen LogP contribution in [0, 0.1) is 11.8 Å². The number of methoxy groups -OCH3 is 2. The molecule has 2 unspecified atom stereocenters. The van der Waals surface area contributed by atoms with Crippen LogP contribution < -0.4 is 20.5 Å². The number of aromatic nitrogens is 2. The molecule has 0 bridgehead atoms. The minimum Gasteiger partial charge on any atom is -0.497 e. The van der Waals surface area contributed by atoms with Gasteiger partial charge in [0.15, 0.2) is 12.6 Å². The van der Waals surface area contributed by atoms with Crippen molar-refractivity contribution in [1.29, 1.82) is 0 Å². The predicted octanol–water partition coefficient (Wildman–Crippen LogP) is 5.29. The largest absolute Gasteiger partial charge is 0.497 e. The molecule has 1 aromatic heterocycles. The number of halogens is 1. The third kappa shape index (κ3) is 7.39. The SMILES string of the molecule is COc1ccc(C2OC[C@@H]3C[C@@H](N)C[C@@H]3O2)cc1.COc1ccc(C2OC[C@@H]3C[C@@H](Nc4cc(Cl)ncn4)C[C@@H]3O2)cc1. The summed E-state index contributed by atoms with van der Waals surface area (Å²) in [4.78, 5) is 8.11. The van der Waals surface area contributed by atoms with Crippen LogP contribution in [0.1, 0.15) is 49.4 Å². The average molecular weight is 611 g/mol. The molecule has 2 aliphatic carbocycles. The highest BCUT2D eigenvalue weighted by Crippen LogP contribution is 2.40. The van der Waals surface area contributed by atoms with Gasteiger partial charge in [-0.3, -0.25) is 0 Å². The van der Waals surface area contributed by atoms with Crippen molar-refractivity contribution in [2.75, 3.05) is 32.8 Å². The van der Waals surface area contributed by atoms with Gasteiger partial charge in [0.1, 0.15) is 28.8 Å². The van der Waals surface area contributed by atoms with Crippen molar-refractivity contribution >= 4 is 17.4 Å². The molecule has 2 aromatic carbocycles. The Morgan fingerprint density at radius 1 is 0.767 bits per heavy atom. The lowest BCUT2D eigenvalue weighted by Crippen LogP contribution is -2.32. The molecule has 11 heteroatoms. The number of nitrogens with one attached hydrogen (secondary N) is 1. The molecule has 8 atom stereocenters. The first-order chi connectivity index (χ1) is 21.0. The Morgan fingerprint density at radius 2 is 1.33 bits per heavy atom. The van der Waals surface area contributed by atoms with E-state index in [1.165, 1.54) is 6.33 Å². The third-order valence-electron chi connectivity index (χ3n) is 8.58. The summed E-state index contributed by atoms with van der Waals surface area (Å²) in [5.41, 5.74) is 8.01. The molecule has 0 amide bonds. The maximum Gasteiger partial charge on any atom is 0.184 e. The number of hydrogen-bond acceptors (Lipinski definition) is 10. The van der Waals surface area contributed by atoms with Gasteiger partial charge in [-0.1, -0.05) is 35.9 Å². The van der Waals surface area contributed by atoms with Crippen molar-refractivity contribution in [2.45, 2.75) is 62.6 Å². The Morgan fingerprint density at radius 3 is 1.88 bits per heavy atom. The van der Waals surface area contributed by atoms with E-state index in [0.717, 1.165) is 60.7 Å². The molecule has 0 radical (unpaired) electrons. The van der Waals surface area contributed by atoms with Crippen molar-refractivity contribution in [3.8, 4) is 11.5 Å². The molecule has 2 saturated carbocycles. The first-order valence-corrected chi connectivity index (χ1v) is 15.2. The lowest BCUT2D eigenvalue weighted by molar-refractivity contribution is -0.233. The maximum absolute atomic E-state index is 6.20. The number of nitrogens with zero attached hydrogens (tertiary/aromatic N) is 2. The van der Waals surface area contributed by atoms with Crippen molar-refractivity contribution in [1.82, 2.24) is 9.97 Å². The molecule has 2 aliphatic heterocycles. The van der Waals surface area contributed by atoms with Gasteiger partial charge in [-0.15, -0.1) is 0 Å². The highest BCUT2D eigenvalue weighted by Gasteiger charge is 2.41. The van der Waals surface area contributed by atoms with Crippen LogP contribution >= 0.6 is 11.6 Å². The van der Waals surface area contributed by atoms with Crippen LogP contribution in [-0.4, -0.2) is 61.7 Å². The average Bonchev–Trinajstić information content (AvgIpc) is 3.62. The highest BCUT2D eigenvalue weighted by atomic mass is 35.5. The van der Waals surface area contributed by atoms with E-state index in [0.29, 0.717) is 29.6 Å². The quantitative estimate of drug-likeness (QED) is 0.356. The summed E-state index contributed by atoms with van der Waals surface area (Å²) in [6.45, 7) is 1.44. The second kappa shape index (κ2) is 13.8. The maximum atomic E-state index is 6.20. The zero-order chi connectivity index (χ0) is 29.8. The van der Waals surface area contributed by atoms with Gasteiger partial charge < -0.3 is 39.5 Å². The van der Waals surface area contributed by atoms with Crippen molar-refractivity contribution in [3.05, 3.63) is 77.2 Å². The van der Waals surface area contributed by atoms with Crippen LogP contribution in [0.25, 0.3) is 0 Å². The number of rotatable bonds is 6. The number of benzene rings is 2. The molecule has 3 heterocycles. The molecular formula is C32H39ClN4O6. The van der Waals surface area contributed by atoms with E-state index in [-0.39, 0.29) is 30.8 Å². The van der Waals surface area contributed by atoms with E-state index < -0.39 is 0 Å². The molecule has 4 aliphatic rings. The van der Waals surface area contributed by atoms with E-state index in [1.807, 2.05) is 48.5 Å². The van der Waals surface area contributed by atoms with E-state index in [9.17, 15) is 0 Å². The molecule has 0 spiro atoms. The fourth-order valence-corrected chi connectivity index (χ4v) is 6.47. The second-order valence-corrected chi connectivity index (χ2v) is 11.9. The number of nitrogens with two attached hydrogens (primary N) is 1. The first-order valence-electron chi connectivity index (χ1n) is 14.8. The smallest absolute Gasteiger partial charge is 0.184 e. The zero-order valence-electron chi connectivity index (χ0n) is 24.4.